The molecule has 0 fully saturated rings. The second kappa shape index (κ2) is 23.0. The molecule has 0 spiro atoms. The number of rotatable bonds is 18. The van der Waals surface area contributed by atoms with Gasteiger partial charge >= 0.3 is 11.9 Å². The zero-order valence-corrected chi connectivity index (χ0v) is 32.7. The molecule has 12 heteroatoms. The van der Waals surface area contributed by atoms with Crippen molar-refractivity contribution >= 4 is 46.5 Å². The van der Waals surface area contributed by atoms with Crippen LogP contribution >= 0.6 is 23.2 Å². The van der Waals surface area contributed by atoms with Crippen molar-refractivity contribution in [1.29, 1.82) is 0 Å². The number of aromatic carboxylic acids is 1. The van der Waals surface area contributed by atoms with E-state index in [1.54, 1.807) is 66.0 Å². The molecule has 2 atom stereocenters. The smallest absolute Gasteiger partial charge is 0.337 e. The number of benzene rings is 6. The normalized spacial score (nSPS) is 17.8. The predicted molar refractivity (Wildman–Crippen MR) is 238 cm³/mol. The maximum absolute atomic E-state index is 11.9. The summed E-state index contributed by atoms with van der Waals surface area (Å²) in [6, 6.07) is 35.7. The number of carboxylic acids is 1. The number of carbonyl (C=O) groups is 2. The van der Waals surface area contributed by atoms with Crippen LogP contribution in [0.25, 0.3) is 22.3 Å². The van der Waals surface area contributed by atoms with Gasteiger partial charge < -0.3 is 41.3 Å². The van der Waals surface area contributed by atoms with Crippen LogP contribution in [0.5, 0.6) is 0 Å². The van der Waals surface area contributed by atoms with E-state index < -0.39 is 63.1 Å². The summed E-state index contributed by atoms with van der Waals surface area (Å²) in [5.41, 5.74) is 2.46. The second-order valence-corrected chi connectivity index (χ2v) is 13.0. The number of aliphatic hydroxyl groups is 2. The molecule has 0 radical (unpaired) electrons. The van der Waals surface area contributed by atoms with Gasteiger partial charge in [0.15, 0.2) is 0 Å². The van der Waals surface area contributed by atoms with E-state index in [0.29, 0.717) is 27.8 Å². The first-order valence-corrected chi connectivity index (χ1v) is 18.3. The molecule has 0 aliphatic heterocycles. The third kappa shape index (κ3) is 14.3. The Morgan fingerprint density at radius 1 is 0.593 bits per heavy atom. The molecular formula is C47H48Cl2N4O6. The second-order valence-electron chi connectivity index (χ2n) is 12.1. The van der Waals surface area contributed by atoms with Crippen LogP contribution in [0.1, 0.15) is 63.2 Å². The number of carboxylic acid groups (broad SMARTS) is 1. The molecule has 0 aliphatic rings. The van der Waals surface area contributed by atoms with Crippen molar-refractivity contribution in [3.05, 3.63) is 178 Å². The van der Waals surface area contributed by atoms with Gasteiger partial charge in [0, 0.05) is 71.4 Å². The van der Waals surface area contributed by atoms with Gasteiger partial charge in [0.1, 0.15) is 0 Å². The van der Waals surface area contributed by atoms with E-state index in [0.717, 1.165) is 12.1 Å². The van der Waals surface area contributed by atoms with Crippen LogP contribution in [0.15, 0.2) is 146 Å². The van der Waals surface area contributed by atoms with Crippen LogP contribution in [0.2, 0.25) is 10.0 Å². The number of hydrogen-bond donors (Lipinski definition) is 7. The Balaban J connectivity index is 0.000000271. The molecule has 0 heterocycles. The average molecular weight is 850 g/mol. The fourth-order valence-corrected chi connectivity index (χ4v) is 5.58. The molecule has 0 aliphatic carbocycles. The van der Waals surface area contributed by atoms with Crippen molar-refractivity contribution in [3.63, 3.8) is 0 Å². The molecule has 6 rings (SSSR count). The fourth-order valence-electron chi connectivity index (χ4n) is 5.19. The first kappa shape index (κ1) is 28.7. The van der Waals surface area contributed by atoms with Crippen LogP contribution in [-0.2, 0) is 4.74 Å². The Hall–Kier alpha value is -5.72. The highest BCUT2D eigenvalue weighted by Gasteiger charge is 2.10. The van der Waals surface area contributed by atoms with Gasteiger partial charge in [-0.3, -0.25) is 0 Å². The number of esters is 1. The molecule has 0 saturated carbocycles. The number of carbonyl (C=O) groups excluding carboxylic acids is 1. The molecule has 10 nitrogen and oxygen atoms in total. The lowest BCUT2D eigenvalue weighted by Crippen LogP contribution is -2.26. The predicted octanol–water partition coefficient (Wildman–Crippen LogP) is 8.97. The maximum Gasteiger partial charge on any atom is 0.337 e. The summed E-state index contributed by atoms with van der Waals surface area (Å²) >= 11 is 11.7. The lowest BCUT2D eigenvalue weighted by Gasteiger charge is -2.13. The van der Waals surface area contributed by atoms with Gasteiger partial charge in [0.25, 0.3) is 0 Å². The number of nitrogens with one attached hydrogen (secondary N) is 4. The highest BCUT2D eigenvalue weighted by atomic mass is 35.5. The number of hydrogen-bond acceptors (Lipinski definition) is 9. The Kier molecular flexibility index (Phi) is 11.2. The zero-order valence-electron chi connectivity index (χ0n) is 45.2. The zero-order chi connectivity index (χ0) is 54.6. The van der Waals surface area contributed by atoms with Gasteiger partial charge in [-0.05, 0) is 106 Å². The van der Waals surface area contributed by atoms with Crippen molar-refractivity contribution < 1.29 is 48.8 Å². The number of halogens is 2. The largest absolute Gasteiger partial charge is 0.478 e. The molecule has 0 bridgehead atoms. The van der Waals surface area contributed by atoms with E-state index in [9.17, 15) is 24.9 Å². The van der Waals surface area contributed by atoms with Crippen molar-refractivity contribution in [2.24, 2.45) is 0 Å². The maximum atomic E-state index is 11.9. The number of ether oxygens (including phenoxy) is 1. The summed E-state index contributed by atoms with van der Waals surface area (Å²) in [6.07, 6.45) is -6.03. The Labute approximate surface area is 374 Å². The molecular weight excluding hydrogens is 787 g/mol. The number of methoxy groups -OCH3 is 1. The quantitative estimate of drug-likeness (QED) is 0.0418. The van der Waals surface area contributed by atoms with Gasteiger partial charge in [0.2, 0.25) is 0 Å². The van der Waals surface area contributed by atoms with Gasteiger partial charge in [-0.15, -0.1) is 0 Å². The molecule has 6 aromatic rings. The topological polar surface area (TPSA) is 152 Å². The SMILES string of the molecule is [2H]C([2H])(Nc1cccc(-c2cccc(C(=O)O)c2)c1)C([2H])([2H])NC([2H])([2H])[C@]([2H])(O)c1cccc(Cl)c1.[2H]C([2H])(Nc1cccc(-c2cccc(C(=O)OC)c2)c1)C([2H])([2H])NC([2H])([2H])[C@]([2H])(O)c1cccc(Cl)c1. The fraction of sp³-hybridized carbons (Fsp3) is 0.191. The Morgan fingerprint density at radius 2 is 1.00 bits per heavy atom. The van der Waals surface area contributed by atoms with Gasteiger partial charge in [0.05, 0.1) is 38.6 Å². The molecule has 306 valence electrons. The summed E-state index contributed by atoms with van der Waals surface area (Å²) in [5, 5.41) is 39.1. The summed E-state index contributed by atoms with van der Waals surface area (Å²) in [6.45, 7) is -18.4. The molecule has 0 unspecified atom stereocenters. The minimum atomic E-state index is -3.16. The van der Waals surface area contributed by atoms with Crippen LogP contribution in [-0.4, -0.2) is 73.3 Å². The van der Waals surface area contributed by atoms with Crippen molar-refractivity contribution in [3.8, 4) is 22.3 Å². The summed E-state index contributed by atoms with van der Waals surface area (Å²) < 4.78 is 120. The third-order valence-corrected chi connectivity index (χ3v) is 8.48. The summed E-state index contributed by atoms with van der Waals surface area (Å²) in [4.78, 5) is 23.1. The van der Waals surface area contributed by atoms with Gasteiger partial charge in [-0.25, -0.2) is 9.59 Å². The first-order chi connectivity index (χ1) is 33.6. The van der Waals surface area contributed by atoms with Crippen LogP contribution in [0, 0.1) is 0 Å². The third-order valence-electron chi connectivity index (χ3n) is 8.01. The van der Waals surface area contributed by atoms with E-state index in [-0.39, 0.29) is 38.1 Å². The Bertz CT molecular complexity index is 2950. The molecule has 59 heavy (non-hydrogen) atoms. The molecule has 0 saturated heterocycles. The number of anilines is 2. The van der Waals surface area contributed by atoms with Crippen molar-refractivity contribution in [1.82, 2.24) is 10.6 Å². The minimum absolute atomic E-state index is 0.0616. The standard InChI is InChI=1S/C24H25ClN2O3.C23H23ClN2O3/c1-30-24(29)20-8-2-5-17(13-20)18-6-4-10-22(15-18)27-12-11-26-16-23(28)19-7-3-9-21(25)14-19;24-20-8-2-6-18(13-20)22(27)15-25-10-11-26-21-9-3-5-17(14-21)16-4-1-7-19(12-16)23(28)29/h2-10,13-15,23,26-28H,11-12,16H2,1H3;1-9,12-14,22,25-27H,10-11,15H2,(H,28,29)/t23-;22-/m00/s1/i11D2,12D2,16D2,23D;10D2,11D2,15D2,22D. The summed E-state index contributed by atoms with van der Waals surface area (Å²) in [7, 11) is 1.27. The first-order valence-electron chi connectivity index (χ1n) is 24.5. The Morgan fingerprint density at radius 3 is 1.44 bits per heavy atom. The van der Waals surface area contributed by atoms with Crippen LogP contribution in [0.3, 0.4) is 0 Å². The minimum Gasteiger partial charge on any atom is -0.478 e. The molecule has 0 amide bonds. The highest BCUT2D eigenvalue weighted by molar-refractivity contribution is 6.30. The van der Waals surface area contributed by atoms with Crippen molar-refractivity contribution in [2.75, 3.05) is 56.7 Å². The van der Waals surface area contributed by atoms with Gasteiger partial charge in [-0.1, -0.05) is 96.0 Å². The van der Waals surface area contributed by atoms with E-state index in [1.165, 1.54) is 79.9 Å². The summed E-state index contributed by atoms with van der Waals surface area (Å²) in [5.74, 6) is -1.63. The lowest BCUT2D eigenvalue weighted by molar-refractivity contribution is 0.0599. The van der Waals surface area contributed by atoms with Crippen LogP contribution < -0.4 is 21.3 Å². The van der Waals surface area contributed by atoms with E-state index >= 15 is 0 Å². The van der Waals surface area contributed by atoms with E-state index in [4.69, 9.17) is 47.1 Å². The van der Waals surface area contributed by atoms with Crippen molar-refractivity contribution in [2.45, 2.75) is 12.2 Å². The highest BCUT2D eigenvalue weighted by Crippen LogP contribution is 2.25. The van der Waals surface area contributed by atoms with Crippen LogP contribution in [0.4, 0.5) is 11.4 Å². The molecule has 7 N–H and O–H groups in total. The average Bonchev–Trinajstić information content (AvgIpc) is 3.30. The monoisotopic (exact) mass is 848 g/mol. The molecule has 6 aromatic carbocycles. The lowest BCUT2D eigenvalue weighted by atomic mass is 10.0. The molecule has 0 aromatic heterocycles. The van der Waals surface area contributed by atoms with E-state index in [2.05, 4.69) is 10.6 Å². The van der Waals surface area contributed by atoms with E-state index in [1.807, 2.05) is 5.32 Å². The van der Waals surface area contributed by atoms with Gasteiger partial charge in [-0.2, -0.15) is 0 Å².